The summed E-state index contributed by atoms with van der Waals surface area (Å²) in [6.45, 7) is 6.35. The summed E-state index contributed by atoms with van der Waals surface area (Å²) >= 11 is 0. The molecule has 4 rings (SSSR count). The van der Waals surface area contributed by atoms with E-state index in [4.69, 9.17) is 9.47 Å². The number of sulfonamides is 1. The molecule has 1 fully saturated rings. The van der Waals surface area contributed by atoms with Crippen LogP contribution in [0.25, 0.3) is 10.9 Å². The predicted molar refractivity (Wildman–Crippen MR) is 128 cm³/mol. The molecule has 2 heterocycles. The molecule has 176 valence electrons. The zero-order valence-corrected chi connectivity index (χ0v) is 20.3. The summed E-state index contributed by atoms with van der Waals surface area (Å²) in [5.74, 6) is 0.662. The van der Waals surface area contributed by atoms with Gasteiger partial charge in [0.2, 0.25) is 10.0 Å². The lowest BCUT2D eigenvalue weighted by atomic mass is 10.1. The van der Waals surface area contributed by atoms with Crippen LogP contribution >= 0.6 is 0 Å². The first-order chi connectivity index (χ1) is 15.7. The van der Waals surface area contributed by atoms with Crippen LogP contribution in [-0.4, -0.2) is 44.1 Å². The lowest BCUT2D eigenvalue weighted by Gasteiger charge is -2.26. The molecule has 2 aromatic carbocycles. The number of H-pyrrole nitrogens is 1. The molecule has 1 aliphatic rings. The molecule has 33 heavy (non-hydrogen) atoms. The van der Waals surface area contributed by atoms with Gasteiger partial charge in [-0.25, -0.2) is 8.42 Å². The molecule has 1 saturated heterocycles. The highest BCUT2D eigenvalue weighted by Crippen LogP contribution is 2.28. The van der Waals surface area contributed by atoms with E-state index in [0.717, 1.165) is 23.8 Å². The number of hydrogen-bond donors (Lipinski definition) is 1. The van der Waals surface area contributed by atoms with E-state index in [0.29, 0.717) is 39.5 Å². The van der Waals surface area contributed by atoms with E-state index in [-0.39, 0.29) is 24.8 Å². The third-order valence-corrected chi connectivity index (χ3v) is 8.23. The van der Waals surface area contributed by atoms with E-state index in [1.165, 1.54) is 4.31 Å². The van der Waals surface area contributed by atoms with Crippen molar-refractivity contribution in [3.63, 3.8) is 0 Å². The number of methoxy groups -OCH3 is 1. The fourth-order valence-electron chi connectivity index (χ4n) is 4.63. The van der Waals surface area contributed by atoms with Crippen LogP contribution in [0.5, 0.6) is 5.75 Å². The first kappa shape index (κ1) is 23.5. The van der Waals surface area contributed by atoms with Gasteiger partial charge in [-0.15, -0.1) is 0 Å². The number of ether oxygens (including phenoxy) is 2. The largest absolute Gasteiger partial charge is 0.497 e. The average Bonchev–Trinajstić information content (AvgIpc) is 3.25. The molecule has 7 nitrogen and oxygen atoms in total. The van der Waals surface area contributed by atoms with Crippen LogP contribution < -0.4 is 10.3 Å². The molecule has 0 amide bonds. The maximum Gasteiger partial charge on any atom is 0.252 e. The van der Waals surface area contributed by atoms with E-state index >= 15 is 0 Å². The molecule has 8 heteroatoms. The normalized spacial score (nSPS) is 16.6. The molecular weight excluding hydrogens is 440 g/mol. The SMILES string of the molecule is COc1ccc2[nH]c(=O)c(CN(C[C@@H]3CCCO3)S(=O)(=O)c3c(C)cc(C)cc3C)cc2c1. The number of hydrogen-bond acceptors (Lipinski definition) is 5. The van der Waals surface area contributed by atoms with E-state index in [1.807, 2.05) is 39.0 Å². The van der Waals surface area contributed by atoms with E-state index in [2.05, 4.69) is 4.98 Å². The first-order valence-electron chi connectivity index (χ1n) is 11.1. The molecule has 0 radical (unpaired) electrons. The van der Waals surface area contributed by atoms with Crippen LogP contribution in [0.15, 0.2) is 46.1 Å². The van der Waals surface area contributed by atoms with Crippen molar-refractivity contribution in [3.8, 4) is 5.75 Å². The molecular formula is C25H30N2O5S. The van der Waals surface area contributed by atoms with Crippen molar-refractivity contribution in [1.82, 2.24) is 9.29 Å². The second kappa shape index (κ2) is 9.29. The van der Waals surface area contributed by atoms with Gasteiger partial charge in [0.1, 0.15) is 5.75 Å². The number of nitrogens with zero attached hydrogens (tertiary/aromatic N) is 1. The number of benzene rings is 2. The molecule has 1 atom stereocenters. The second-order valence-corrected chi connectivity index (χ2v) is 10.6. The maximum absolute atomic E-state index is 13.9. The average molecular weight is 471 g/mol. The molecule has 1 aromatic heterocycles. The van der Waals surface area contributed by atoms with Crippen LogP contribution in [0.3, 0.4) is 0 Å². The molecule has 3 aromatic rings. The smallest absolute Gasteiger partial charge is 0.252 e. The molecule has 0 aliphatic carbocycles. The van der Waals surface area contributed by atoms with Crippen LogP contribution in [0.2, 0.25) is 0 Å². The fourth-order valence-corrected chi connectivity index (χ4v) is 6.49. The number of fused-ring (bicyclic) bond motifs is 1. The summed E-state index contributed by atoms with van der Waals surface area (Å²) in [6.07, 6.45) is 1.51. The van der Waals surface area contributed by atoms with E-state index in [1.54, 1.807) is 25.3 Å². The van der Waals surface area contributed by atoms with Gasteiger partial charge < -0.3 is 14.5 Å². The van der Waals surface area contributed by atoms with E-state index < -0.39 is 10.0 Å². The van der Waals surface area contributed by atoms with Crippen molar-refractivity contribution < 1.29 is 17.9 Å². The number of rotatable bonds is 7. The fraction of sp³-hybridized carbons (Fsp3) is 0.400. The molecule has 1 N–H and O–H groups in total. The topological polar surface area (TPSA) is 88.7 Å². The summed E-state index contributed by atoms with van der Waals surface area (Å²) in [4.78, 5) is 16.0. The van der Waals surface area contributed by atoms with Gasteiger partial charge >= 0.3 is 0 Å². The predicted octanol–water partition coefficient (Wildman–Crippen LogP) is 3.83. The Kier molecular flexibility index (Phi) is 6.61. The van der Waals surface area contributed by atoms with Crippen LogP contribution in [0, 0.1) is 20.8 Å². The molecule has 0 spiro atoms. The summed E-state index contributed by atoms with van der Waals surface area (Å²) in [6, 6.07) is 10.9. The second-order valence-electron chi connectivity index (χ2n) is 8.74. The molecule has 0 unspecified atom stereocenters. The minimum atomic E-state index is -3.87. The van der Waals surface area contributed by atoms with Crippen LogP contribution in [0.1, 0.15) is 35.1 Å². The minimum Gasteiger partial charge on any atom is -0.497 e. The Morgan fingerprint density at radius 1 is 1.12 bits per heavy atom. The van der Waals surface area contributed by atoms with Gasteiger partial charge in [0.25, 0.3) is 5.56 Å². The van der Waals surface area contributed by atoms with Crippen molar-refractivity contribution in [2.75, 3.05) is 20.3 Å². The van der Waals surface area contributed by atoms with Crippen LogP contribution in [-0.2, 0) is 21.3 Å². The molecule has 0 bridgehead atoms. The quantitative estimate of drug-likeness (QED) is 0.567. The highest BCUT2D eigenvalue weighted by molar-refractivity contribution is 7.89. The summed E-state index contributed by atoms with van der Waals surface area (Å²) in [7, 11) is -2.29. The van der Waals surface area contributed by atoms with E-state index in [9.17, 15) is 13.2 Å². The summed E-state index contributed by atoms with van der Waals surface area (Å²) in [5, 5.41) is 0.779. The lowest BCUT2D eigenvalue weighted by molar-refractivity contribution is 0.0925. The Bertz CT molecular complexity index is 1320. The van der Waals surface area contributed by atoms with Crippen molar-refractivity contribution in [1.29, 1.82) is 0 Å². The van der Waals surface area contributed by atoms with Crippen LogP contribution in [0.4, 0.5) is 0 Å². The number of aryl methyl sites for hydroxylation is 3. The third-order valence-electron chi connectivity index (χ3n) is 6.11. The van der Waals surface area contributed by atoms with Gasteiger partial charge in [-0.05, 0) is 69.0 Å². The van der Waals surface area contributed by atoms with Crippen molar-refractivity contribution in [2.45, 2.75) is 51.2 Å². The van der Waals surface area contributed by atoms with Gasteiger partial charge in [0.15, 0.2) is 0 Å². The summed E-state index contributed by atoms with van der Waals surface area (Å²) < 4.78 is 40.2. The summed E-state index contributed by atoms with van der Waals surface area (Å²) in [5.41, 5.74) is 3.14. The monoisotopic (exact) mass is 470 g/mol. The molecule has 1 aliphatic heterocycles. The maximum atomic E-state index is 13.9. The van der Waals surface area contributed by atoms with Gasteiger partial charge in [0.05, 0.1) is 18.1 Å². The van der Waals surface area contributed by atoms with Crippen molar-refractivity contribution >= 4 is 20.9 Å². The Hall–Kier alpha value is -2.68. The van der Waals surface area contributed by atoms with Gasteiger partial charge in [-0.3, -0.25) is 4.79 Å². The zero-order valence-electron chi connectivity index (χ0n) is 19.5. The highest BCUT2D eigenvalue weighted by atomic mass is 32.2. The zero-order chi connectivity index (χ0) is 23.8. The van der Waals surface area contributed by atoms with Crippen molar-refractivity contribution in [3.05, 3.63) is 69.0 Å². The number of nitrogens with one attached hydrogen (secondary N) is 1. The minimum absolute atomic E-state index is 0.0442. The Morgan fingerprint density at radius 3 is 2.48 bits per heavy atom. The number of aromatic amines is 1. The molecule has 0 saturated carbocycles. The van der Waals surface area contributed by atoms with Crippen molar-refractivity contribution in [2.24, 2.45) is 0 Å². The number of aromatic nitrogens is 1. The first-order valence-corrected chi connectivity index (χ1v) is 12.5. The number of pyridine rings is 1. The Morgan fingerprint density at radius 2 is 1.85 bits per heavy atom. The van der Waals surface area contributed by atoms with Gasteiger partial charge in [0, 0.05) is 36.2 Å². The van der Waals surface area contributed by atoms with Gasteiger partial charge in [-0.1, -0.05) is 17.7 Å². The highest BCUT2D eigenvalue weighted by Gasteiger charge is 2.32. The Labute approximate surface area is 194 Å². The third kappa shape index (κ3) is 4.83. The standard InChI is InChI=1S/C25H30N2O5S/c1-16-10-17(2)24(18(3)11-16)33(29,30)27(15-22-6-5-9-32-22)14-20-12-19-13-21(31-4)7-8-23(19)26-25(20)28/h7-8,10-13,22H,5-6,9,14-15H2,1-4H3,(H,26,28)/t22-/m0/s1. The van der Waals surface area contributed by atoms with Gasteiger partial charge in [-0.2, -0.15) is 4.31 Å². The lowest BCUT2D eigenvalue weighted by Crippen LogP contribution is -2.38. The Balaban J connectivity index is 1.78.